The van der Waals surface area contributed by atoms with E-state index in [1.165, 1.54) is 0 Å². The number of aromatic nitrogens is 1. The lowest BCUT2D eigenvalue weighted by atomic mass is 10.2. The molecule has 4 nitrogen and oxygen atoms in total. The number of primary amides is 1. The minimum atomic E-state index is -2.74. The number of rotatable bonds is 2. The lowest BCUT2D eigenvalue weighted by Gasteiger charge is -1.99. The molecule has 1 amide bonds. The number of aromatic amines is 1. The van der Waals surface area contributed by atoms with E-state index in [0.29, 0.717) is 0 Å². The second-order valence-corrected chi connectivity index (χ2v) is 2.34. The van der Waals surface area contributed by atoms with Crippen molar-refractivity contribution in [1.29, 1.82) is 0 Å². The number of halogens is 2. The topological polar surface area (TPSA) is 76.0 Å². The highest BCUT2D eigenvalue weighted by Gasteiger charge is 2.12. The second kappa shape index (κ2) is 3.34. The van der Waals surface area contributed by atoms with E-state index in [0.717, 1.165) is 12.3 Å². The maximum atomic E-state index is 12.1. The first-order valence-corrected chi connectivity index (χ1v) is 3.33. The van der Waals surface area contributed by atoms with Gasteiger partial charge in [0.05, 0.1) is 0 Å². The lowest BCUT2D eigenvalue weighted by Crippen LogP contribution is -2.23. The molecule has 0 fully saturated rings. The molecule has 0 bridgehead atoms. The molecule has 0 saturated heterocycles. The summed E-state index contributed by atoms with van der Waals surface area (Å²) in [5.41, 5.74) is 3.12. The van der Waals surface area contributed by atoms with Crippen LogP contribution in [-0.2, 0) is 0 Å². The number of amides is 1. The highest BCUT2D eigenvalue weighted by Crippen LogP contribution is 2.16. The maximum Gasteiger partial charge on any atom is 0.265 e. The molecule has 0 atom stereocenters. The van der Waals surface area contributed by atoms with Gasteiger partial charge in [-0.1, -0.05) is 0 Å². The summed E-state index contributed by atoms with van der Waals surface area (Å²) in [6.45, 7) is 0. The molecule has 1 heterocycles. The van der Waals surface area contributed by atoms with E-state index in [2.05, 4.69) is 0 Å². The van der Waals surface area contributed by atoms with E-state index in [4.69, 9.17) is 5.73 Å². The van der Waals surface area contributed by atoms with Crippen LogP contribution in [0.2, 0.25) is 0 Å². The van der Waals surface area contributed by atoms with Gasteiger partial charge in [0, 0.05) is 11.8 Å². The molecule has 0 aliphatic carbocycles. The number of alkyl halides is 2. The summed E-state index contributed by atoms with van der Waals surface area (Å²) in [4.78, 5) is 23.4. The van der Waals surface area contributed by atoms with Gasteiger partial charge < -0.3 is 10.7 Å². The number of H-pyrrole nitrogens is 1. The van der Waals surface area contributed by atoms with E-state index >= 15 is 0 Å². The Hall–Kier alpha value is -1.72. The van der Waals surface area contributed by atoms with E-state index in [1.807, 2.05) is 4.98 Å². The number of nitrogens with two attached hydrogens (primary N) is 1. The normalized spacial score (nSPS) is 10.4. The van der Waals surface area contributed by atoms with E-state index in [-0.39, 0.29) is 0 Å². The molecule has 0 aliphatic heterocycles. The Balaban J connectivity index is 3.27. The highest BCUT2D eigenvalue weighted by molar-refractivity contribution is 5.92. The fourth-order valence-electron chi connectivity index (χ4n) is 0.810. The summed E-state index contributed by atoms with van der Waals surface area (Å²) in [5, 5.41) is 0. The fraction of sp³-hybridized carbons (Fsp3) is 0.143. The molecule has 0 spiro atoms. The number of carbonyl (C=O) groups is 1. The van der Waals surface area contributed by atoms with Gasteiger partial charge in [-0.3, -0.25) is 9.59 Å². The Kier molecular flexibility index (Phi) is 2.41. The van der Waals surface area contributed by atoms with Crippen molar-refractivity contribution in [1.82, 2.24) is 4.98 Å². The van der Waals surface area contributed by atoms with Crippen molar-refractivity contribution in [3.05, 3.63) is 33.7 Å². The molecular formula is C7H6F2N2O2. The van der Waals surface area contributed by atoms with Crippen LogP contribution in [0, 0.1) is 0 Å². The van der Waals surface area contributed by atoms with Crippen molar-refractivity contribution in [2.45, 2.75) is 6.43 Å². The van der Waals surface area contributed by atoms with Gasteiger partial charge in [0.1, 0.15) is 5.56 Å². The third kappa shape index (κ3) is 1.90. The highest BCUT2D eigenvalue weighted by atomic mass is 19.3. The van der Waals surface area contributed by atoms with Crippen molar-refractivity contribution in [2.75, 3.05) is 0 Å². The molecular weight excluding hydrogens is 182 g/mol. The molecule has 0 unspecified atom stereocenters. The van der Waals surface area contributed by atoms with Crippen molar-refractivity contribution in [2.24, 2.45) is 5.73 Å². The summed E-state index contributed by atoms with van der Waals surface area (Å²) in [7, 11) is 0. The van der Waals surface area contributed by atoms with Crippen LogP contribution in [0.4, 0.5) is 8.78 Å². The molecule has 0 radical (unpaired) electrons. The molecule has 1 aromatic heterocycles. The lowest BCUT2D eigenvalue weighted by molar-refractivity contribution is 0.0998. The Morgan fingerprint density at radius 1 is 1.54 bits per heavy atom. The first kappa shape index (κ1) is 9.37. The fourth-order valence-corrected chi connectivity index (χ4v) is 0.810. The first-order chi connectivity index (χ1) is 6.02. The molecule has 0 aliphatic rings. The SMILES string of the molecule is NC(=O)c1cc(C(F)F)c[nH]c1=O. The Labute approximate surface area is 71.4 Å². The van der Waals surface area contributed by atoms with E-state index < -0.39 is 29.0 Å². The Morgan fingerprint density at radius 3 is 2.62 bits per heavy atom. The quantitative estimate of drug-likeness (QED) is 0.705. The third-order valence-corrected chi connectivity index (χ3v) is 1.44. The van der Waals surface area contributed by atoms with E-state index in [9.17, 15) is 18.4 Å². The van der Waals surface area contributed by atoms with Gasteiger partial charge in [0.25, 0.3) is 17.9 Å². The van der Waals surface area contributed by atoms with E-state index in [1.54, 1.807) is 0 Å². The predicted octanol–water partition coefficient (Wildman–Crippen LogP) is 0.411. The predicted molar refractivity (Wildman–Crippen MR) is 40.5 cm³/mol. The molecule has 1 rings (SSSR count). The van der Waals surface area contributed by atoms with Crippen molar-refractivity contribution in [3.8, 4) is 0 Å². The van der Waals surface area contributed by atoms with Crippen LogP contribution < -0.4 is 11.3 Å². The van der Waals surface area contributed by atoms with Crippen molar-refractivity contribution < 1.29 is 13.6 Å². The summed E-state index contributed by atoms with van der Waals surface area (Å²) in [6.07, 6.45) is -1.89. The van der Waals surface area contributed by atoms with Gasteiger partial charge in [-0.05, 0) is 6.07 Å². The largest absolute Gasteiger partial charge is 0.365 e. The number of carbonyl (C=O) groups excluding carboxylic acids is 1. The molecule has 1 aromatic rings. The number of pyridine rings is 1. The van der Waals surface area contributed by atoms with Crippen molar-refractivity contribution in [3.63, 3.8) is 0 Å². The van der Waals surface area contributed by atoms with Gasteiger partial charge in [-0.2, -0.15) is 0 Å². The molecule has 70 valence electrons. The maximum absolute atomic E-state index is 12.1. The molecule has 13 heavy (non-hydrogen) atoms. The van der Waals surface area contributed by atoms with Crippen LogP contribution in [0.15, 0.2) is 17.1 Å². The summed E-state index contributed by atoms with van der Waals surface area (Å²) < 4.78 is 24.1. The van der Waals surface area contributed by atoms with Crippen LogP contribution in [0.3, 0.4) is 0 Å². The zero-order valence-corrected chi connectivity index (χ0v) is 6.38. The molecule has 0 saturated carbocycles. The summed E-state index contributed by atoms with van der Waals surface area (Å²) in [6, 6.07) is 0.784. The zero-order chi connectivity index (χ0) is 10.0. The molecule has 6 heteroatoms. The standard InChI is InChI=1S/C7H6F2N2O2/c8-5(9)3-1-4(6(10)12)7(13)11-2-3/h1-2,5H,(H2,10,12)(H,11,13). The summed E-state index contributed by atoms with van der Waals surface area (Å²) in [5.74, 6) is -1.02. The third-order valence-electron chi connectivity index (χ3n) is 1.44. The van der Waals surface area contributed by atoms with Crippen LogP contribution in [0.5, 0.6) is 0 Å². The molecule has 3 N–H and O–H groups in total. The van der Waals surface area contributed by atoms with Crippen LogP contribution in [0.25, 0.3) is 0 Å². The van der Waals surface area contributed by atoms with Crippen LogP contribution in [-0.4, -0.2) is 10.9 Å². The van der Waals surface area contributed by atoms with Crippen LogP contribution in [0.1, 0.15) is 22.3 Å². The smallest absolute Gasteiger partial charge is 0.265 e. The summed E-state index contributed by atoms with van der Waals surface area (Å²) >= 11 is 0. The molecule has 0 aromatic carbocycles. The van der Waals surface area contributed by atoms with Crippen molar-refractivity contribution >= 4 is 5.91 Å². The zero-order valence-electron chi connectivity index (χ0n) is 6.38. The average molecular weight is 188 g/mol. The van der Waals surface area contributed by atoms with Gasteiger partial charge in [-0.15, -0.1) is 0 Å². The monoisotopic (exact) mass is 188 g/mol. The minimum Gasteiger partial charge on any atom is -0.365 e. The number of nitrogens with one attached hydrogen (secondary N) is 1. The van der Waals surface area contributed by atoms with Crippen LogP contribution >= 0.6 is 0 Å². The Morgan fingerprint density at radius 2 is 2.15 bits per heavy atom. The number of hydrogen-bond acceptors (Lipinski definition) is 2. The van der Waals surface area contributed by atoms with Gasteiger partial charge in [0.15, 0.2) is 0 Å². The van der Waals surface area contributed by atoms with Gasteiger partial charge in [0.2, 0.25) is 0 Å². The van der Waals surface area contributed by atoms with Gasteiger partial charge >= 0.3 is 0 Å². The second-order valence-electron chi connectivity index (χ2n) is 2.34. The Bertz CT molecular complexity index is 386. The first-order valence-electron chi connectivity index (χ1n) is 3.33. The minimum absolute atomic E-state index is 0.437. The average Bonchev–Trinajstić information content (AvgIpc) is 2.04. The van der Waals surface area contributed by atoms with Gasteiger partial charge in [-0.25, -0.2) is 8.78 Å². The number of hydrogen-bond donors (Lipinski definition) is 2.